The van der Waals surface area contributed by atoms with Crippen LogP contribution in [0.15, 0.2) is 28.7 Å². The summed E-state index contributed by atoms with van der Waals surface area (Å²) in [6.45, 7) is 2.72. The summed E-state index contributed by atoms with van der Waals surface area (Å²) in [6, 6.07) is 6.31. The van der Waals surface area contributed by atoms with E-state index in [0.717, 1.165) is 31.3 Å². The fourth-order valence-corrected chi connectivity index (χ4v) is 2.70. The molecule has 4 heteroatoms. The summed E-state index contributed by atoms with van der Waals surface area (Å²) in [6.07, 6.45) is 3.06. The minimum absolute atomic E-state index is 0.271. The van der Waals surface area contributed by atoms with E-state index in [1.165, 1.54) is 6.07 Å². The number of hydrogen-bond donors (Lipinski definition) is 1. The first kappa shape index (κ1) is 12.6. The van der Waals surface area contributed by atoms with Crippen LogP contribution in [-0.4, -0.2) is 12.2 Å². The van der Waals surface area contributed by atoms with Crippen molar-refractivity contribution in [1.82, 2.24) is 0 Å². The Hall–Kier alpha value is -1.39. The van der Waals surface area contributed by atoms with Crippen molar-refractivity contribution < 1.29 is 13.5 Å². The van der Waals surface area contributed by atoms with Gasteiger partial charge in [-0.15, -0.1) is 0 Å². The standard InChI is InChI=1S/C15H18FNO2/c1-15(7-2-3-8-18-15)14(17)12-9-10-5-4-6-11(16)13(10)19-12/h4-6,9,14H,2-3,7-8,17H2,1H3. The van der Waals surface area contributed by atoms with Crippen LogP contribution < -0.4 is 5.73 Å². The quantitative estimate of drug-likeness (QED) is 0.901. The van der Waals surface area contributed by atoms with Crippen LogP contribution in [-0.2, 0) is 4.74 Å². The zero-order chi connectivity index (χ0) is 13.5. The van der Waals surface area contributed by atoms with Gasteiger partial charge >= 0.3 is 0 Å². The zero-order valence-corrected chi connectivity index (χ0v) is 11.0. The molecule has 0 spiro atoms. The number of halogens is 1. The van der Waals surface area contributed by atoms with Crippen molar-refractivity contribution in [2.45, 2.75) is 37.8 Å². The van der Waals surface area contributed by atoms with Gasteiger partial charge in [-0.25, -0.2) is 4.39 Å². The number of hydrogen-bond acceptors (Lipinski definition) is 3. The summed E-state index contributed by atoms with van der Waals surface area (Å²) in [4.78, 5) is 0. The molecule has 2 N–H and O–H groups in total. The van der Waals surface area contributed by atoms with E-state index in [4.69, 9.17) is 14.9 Å². The summed E-state index contributed by atoms with van der Waals surface area (Å²) < 4.78 is 25.1. The Morgan fingerprint density at radius 2 is 2.21 bits per heavy atom. The lowest BCUT2D eigenvalue weighted by Crippen LogP contribution is -2.43. The molecular formula is C15H18FNO2. The summed E-state index contributed by atoms with van der Waals surface area (Å²) in [5, 5.41) is 0.741. The maximum Gasteiger partial charge on any atom is 0.169 e. The van der Waals surface area contributed by atoms with Crippen molar-refractivity contribution in [2.75, 3.05) is 6.61 Å². The lowest BCUT2D eigenvalue weighted by Gasteiger charge is -2.37. The average Bonchev–Trinajstić information content (AvgIpc) is 2.84. The molecule has 19 heavy (non-hydrogen) atoms. The van der Waals surface area contributed by atoms with Gasteiger partial charge in [0.1, 0.15) is 5.76 Å². The molecule has 1 fully saturated rings. The molecule has 2 unspecified atom stereocenters. The SMILES string of the molecule is CC1(C(N)c2cc3cccc(F)c3o2)CCCCO1. The Morgan fingerprint density at radius 1 is 1.37 bits per heavy atom. The predicted molar refractivity (Wildman–Crippen MR) is 71.3 cm³/mol. The monoisotopic (exact) mass is 263 g/mol. The number of fused-ring (bicyclic) bond motifs is 1. The van der Waals surface area contributed by atoms with Crippen molar-refractivity contribution >= 4 is 11.0 Å². The molecule has 0 bridgehead atoms. The number of benzene rings is 1. The number of rotatable bonds is 2. The molecule has 0 aliphatic carbocycles. The highest BCUT2D eigenvalue weighted by Crippen LogP contribution is 2.37. The van der Waals surface area contributed by atoms with Crippen molar-refractivity contribution in [1.29, 1.82) is 0 Å². The maximum absolute atomic E-state index is 13.6. The summed E-state index contributed by atoms with van der Waals surface area (Å²) in [5.74, 6) is 0.232. The van der Waals surface area contributed by atoms with E-state index in [1.54, 1.807) is 6.07 Å². The number of ether oxygens (including phenoxy) is 1. The lowest BCUT2D eigenvalue weighted by molar-refractivity contribution is -0.0852. The van der Waals surface area contributed by atoms with Crippen molar-refractivity contribution in [3.8, 4) is 0 Å². The molecule has 2 atom stereocenters. The highest BCUT2D eigenvalue weighted by molar-refractivity contribution is 5.78. The molecule has 3 nitrogen and oxygen atoms in total. The highest BCUT2D eigenvalue weighted by Gasteiger charge is 2.37. The third kappa shape index (κ3) is 2.15. The maximum atomic E-state index is 13.6. The normalized spacial score (nSPS) is 25.6. The van der Waals surface area contributed by atoms with Crippen LogP contribution in [0.1, 0.15) is 38.0 Å². The largest absolute Gasteiger partial charge is 0.456 e. The molecule has 1 aliphatic heterocycles. The minimum Gasteiger partial charge on any atom is -0.456 e. The van der Waals surface area contributed by atoms with Gasteiger partial charge in [0.2, 0.25) is 0 Å². The Morgan fingerprint density at radius 3 is 2.89 bits per heavy atom. The van der Waals surface area contributed by atoms with Gasteiger partial charge in [0, 0.05) is 12.0 Å². The van der Waals surface area contributed by atoms with Gasteiger partial charge < -0.3 is 14.9 Å². The molecule has 1 aromatic carbocycles. The fourth-order valence-electron chi connectivity index (χ4n) is 2.70. The van der Waals surface area contributed by atoms with Crippen LogP contribution in [0.25, 0.3) is 11.0 Å². The van der Waals surface area contributed by atoms with E-state index in [0.29, 0.717) is 5.76 Å². The molecule has 3 rings (SSSR count). The zero-order valence-electron chi connectivity index (χ0n) is 11.0. The van der Waals surface area contributed by atoms with Crippen LogP contribution in [0.2, 0.25) is 0 Å². The van der Waals surface area contributed by atoms with Gasteiger partial charge in [-0.2, -0.15) is 0 Å². The van der Waals surface area contributed by atoms with Crippen LogP contribution in [0.5, 0.6) is 0 Å². The van der Waals surface area contributed by atoms with Crippen LogP contribution in [0, 0.1) is 5.82 Å². The minimum atomic E-state index is -0.428. The molecule has 0 amide bonds. The van der Waals surface area contributed by atoms with Crippen LogP contribution in [0.3, 0.4) is 0 Å². The van der Waals surface area contributed by atoms with E-state index in [-0.39, 0.29) is 17.4 Å². The van der Waals surface area contributed by atoms with Gasteiger partial charge in [-0.3, -0.25) is 0 Å². The van der Waals surface area contributed by atoms with Crippen molar-refractivity contribution in [3.63, 3.8) is 0 Å². The average molecular weight is 263 g/mol. The first-order chi connectivity index (χ1) is 9.10. The molecular weight excluding hydrogens is 245 g/mol. The topological polar surface area (TPSA) is 48.4 Å². The Balaban J connectivity index is 1.97. The first-order valence-corrected chi connectivity index (χ1v) is 6.68. The highest BCUT2D eigenvalue weighted by atomic mass is 19.1. The van der Waals surface area contributed by atoms with Crippen molar-refractivity contribution in [3.05, 3.63) is 35.8 Å². The van der Waals surface area contributed by atoms with Crippen LogP contribution in [0.4, 0.5) is 4.39 Å². The second kappa shape index (κ2) is 4.62. The van der Waals surface area contributed by atoms with Gasteiger partial charge in [0.25, 0.3) is 0 Å². The van der Waals surface area contributed by atoms with Crippen molar-refractivity contribution in [2.24, 2.45) is 5.73 Å². The molecule has 1 aliphatic rings. The third-order valence-electron chi connectivity index (χ3n) is 3.98. The molecule has 1 saturated heterocycles. The number of para-hydroxylation sites is 1. The van der Waals surface area contributed by atoms with Gasteiger partial charge in [0.05, 0.1) is 11.6 Å². The Bertz CT molecular complexity index is 587. The number of nitrogens with two attached hydrogens (primary N) is 1. The molecule has 0 saturated carbocycles. The molecule has 102 valence electrons. The molecule has 0 radical (unpaired) electrons. The lowest BCUT2D eigenvalue weighted by atomic mass is 9.87. The molecule has 2 aromatic rings. The van der Waals surface area contributed by atoms with E-state index in [1.807, 2.05) is 19.1 Å². The molecule has 2 heterocycles. The summed E-state index contributed by atoms with van der Waals surface area (Å²) in [7, 11) is 0. The van der Waals surface area contributed by atoms with E-state index >= 15 is 0 Å². The summed E-state index contributed by atoms with van der Waals surface area (Å²) in [5.41, 5.74) is 6.12. The van der Waals surface area contributed by atoms with Gasteiger partial charge in [-0.1, -0.05) is 12.1 Å². The third-order valence-corrected chi connectivity index (χ3v) is 3.98. The fraction of sp³-hybridized carbons (Fsp3) is 0.467. The van der Waals surface area contributed by atoms with E-state index in [9.17, 15) is 4.39 Å². The second-order valence-electron chi connectivity index (χ2n) is 5.40. The first-order valence-electron chi connectivity index (χ1n) is 6.68. The smallest absolute Gasteiger partial charge is 0.169 e. The molecule has 1 aromatic heterocycles. The van der Waals surface area contributed by atoms with E-state index < -0.39 is 5.60 Å². The van der Waals surface area contributed by atoms with Crippen LogP contribution >= 0.6 is 0 Å². The Kier molecular flexibility index (Phi) is 3.07. The Labute approximate surface area is 111 Å². The van der Waals surface area contributed by atoms with Gasteiger partial charge in [-0.05, 0) is 38.3 Å². The van der Waals surface area contributed by atoms with Gasteiger partial charge in [0.15, 0.2) is 11.4 Å². The number of furan rings is 1. The summed E-state index contributed by atoms with van der Waals surface area (Å²) >= 11 is 0. The second-order valence-corrected chi connectivity index (χ2v) is 5.40. The predicted octanol–water partition coefficient (Wildman–Crippen LogP) is 3.53. The van der Waals surface area contributed by atoms with E-state index in [2.05, 4.69) is 0 Å².